The van der Waals surface area contributed by atoms with Crippen molar-refractivity contribution in [3.8, 4) is 11.1 Å². The second kappa shape index (κ2) is 9.90. The van der Waals surface area contributed by atoms with E-state index in [2.05, 4.69) is 33.4 Å². The quantitative estimate of drug-likeness (QED) is 0.319. The number of anilines is 2. The minimum Gasteiger partial charge on any atom is -0.478 e. The first kappa shape index (κ1) is 23.6. The van der Waals surface area contributed by atoms with E-state index in [0.29, 0.717) is 23.1 Å². The predicted molar refractivity (Wildman–Crippen MR) is 143 cm³/mol. The van der Waals surface area contributed by atoms with E-state index >= 15 is 0 Å². The fourth-order valence-corrected chi connectivity index (χ4v) is 5.78. The van der Waals surface area contributed by atoms with Crippen LogP contribution in [0.4, 0.5) is 16.0 Å². The van der Waals surface area contributed by atoms with Crippen LogP contribution in [0.5, 0.6) is 0 Å². The summed E-state index contributed by atoms with van der Waals surface area (Å²) in [4.78, 5) is 23.4. The number of benzene rings is 3. The molecule has 0 spiro atoms. The van der Waals surface area contributed by atoms with E-state index in [-0.39, 0.29) is 5.56 Å². The summed E-state index contributed by atoms with van der Waals surface area (Å²) in [5.74, 6) is -1.60. The van der Waals surface area contributed by atoms with Crippen LogP contribution in [0.15, 0.2) is 60.8 Å². The molecule has 3 aromatic carbocycles. The molecule has 1 unspecified atom stereocenters. The van der Waals surface area contributed by atoms with E-state index in [0.717, 1.165) is 29.5 Å². The van der Waals surface area contributed by atoms with Crippen molar-refractivity contribution >= 4 is 28.5 Å². The van der Waals surface area contributed by atoms with E-state index in [4.69, 9.17) is 4.98 Å². The Morgan fingerprint density at radius 1 is 1.00 bits per heavy atom. The number of para-hydroxylation sites is 1. The largest absolute Gasteiger partial charge is 0.478 e. The predicted octanol–water partition coefficient (Wildman–Crippen LogP) is 6.22. The first-order valence-electron chi connectivity index (χ1n) is 13.0. The number of carboxylic acids is 1. The molecule has 2 aliphatic rings. The minimum atomic E-state index is -1.30. The third kappa shape index (κ3) is 4.79. The molecule has 6 nitrogen and oxygen atoms in total. The van der Waals surface area contributed by atoms with E-state index in [1.54, 1.807) is 12.3 Å². The van der Waals surface area contributed by atoms with Crippen LogP contribution in [-0.4, -0.2) is 45.1 Å². The van der Waals surface area contributed by atoms with Gasteiger partial charge in [-0.25, -0.2) is 19.2 Å². The van der Waals surface area contributed by atoms with Crippen molar-refractivity contribution < 1.29 is 14.3 Å². The van der Waals surface area contributed by atoms with Crippen molar-refractivity contribution in [2.75, 3.05) is 18.4 Å². The molecule has 0 saturated carbocycles. The molecule has 7 heteroatoms. The van der Waals surface area contributed by atoms with Gasteiger partial charge in [-0.05, 0) is 92.6 Å². The average molecular weight is 497 g/mol. The first-order valence-corrected chi connectivity index (χ1v) is 13.0. The molecule has 6 rings (SSSR count). The zero-order chi connectivity index (χ0) is 25.4. The van der Waals surface area contributed by atoms with E-state index in [1.807, 2.05) is 18.2 Å². The van der Waals surface area contributed by atoms with Crippen molar-refractivity contribution in [2.45, 2.75) is 44.6 Å². The van der Waals surface area contributed by atoms with Crippen LogP contribution in [0, 0.1) is 5.82 Å². The topological polar surface area (TPSA) is 78.3 Å². The number of aryl methyl sites for hydroxylation is 2. The number of rotatable bonds is 5. The number of aromatic carboxylic acids is 1. The third-order valence-corrected chi connectivity index (χ3v) is 7.73. The molecule has 188 valence electrons. The molecule has 1 aliphatic carbocycles. The average Bonchev–Trinajstić information content (AvgIpc) is 3.36. The summed E-state index contributed by atoms with van der Waals surface area (Å²) < 4.78 is 14.0. The molecule has 0 amide bonds. The summed E-state index contributed by atoms with van der Waals surface area (Å²) in [5, 5.41) is 13.5. The fraction of sp³-hybridized carbons (Fsp3) is 0.300. The van der Waals surface area contributed by atoms with Gasteiger partial charge in [-0.1, -0.05) is 30.3 Å². The van der Waals surface area contributed by atoms with Gasteiger partial charge in [0.15, 0.2) is 0 Å². The smallest absolute Gasteiger partial charge is 0.338 e. The molecule has 0 radical (unpaired) electrons. The molecule has 1 atom stereocenters. The van der Waals surface area contributed by atoms with Crippen molar-refractivity contribution in [1.29, 1.82) is 0 Å². The SMILES string of the molecule is O=C(O)c1cc(-c2cccc3cnc(Nc4ccc5c(c4)CCC(N4CCCC4)CC5)nc23)ccc1F. The molecule has 4 aromatic rings. The Morgan fingerprint density at radius 2 is 1.81 bits per heavy atom. The molecule has 2 heterocycles. The Balaban J connectivity index is 1.27. The lowest BCUT2D eigenvalue weighted by molar-refractivity contribution is 0.0692. The van der Waals surface area contributed by atoms with Gasteiger partial charge in [0.25, 0.3) is 0 Å². The highest BCUT2D eigenvalue weighted by molar-refractivity contribution is 5.96. The molecular weight excluding hydrogens is 467 g/mol. The maximum absolute atomic E-state index is 14.0. The molecule has 1 aliphatic heterocycles. The minimum absolute atomic E-state index is 0.362. The number of aromatic nitrogens is 2. The van der Waals surface area contributed by atoms with Crippen molar-refractivity contribution in [2.24, 2.45) is 0 Å². The van der Waals surface area contributed by atoms with Gasteiger partial charge in [-0.2, -0.15) is 0 Å². The van der Waals surface area contributed by atoms with Crippen molar-refractivity contribution in [1.82, 2.24) is 14.9 Å². The van der Waals surface area contributed by atoms with Crippen LogP contribution in [0.3, 0.4) is 0 Å². The summed E-state index contributed by atoms with van der Waals surface area (Å²) in [6.07, 6.45) is 9.01. The molecule has 1 saturated heterocycles. The summed E-state index contributed by atoms with van der Waals surface area (Å²) in [6.45, 7) is 2.48. The van der Waals surface area contributed by atoms with Crippen LogP contribution < -0.4 is 5.32 Å². The number of hydrogen-bond acceptors (Lipinski definition) is 5. The van der Waals surface area contributed by atoms with Gasteiger partial charge in [0.1, 0.15) is 5.82 Å². The number of nitrogens with one attached hydrogen (secondary N) is 1. The fourth-order valence-electron chi connectivity index (χ4n) is 5.78. The van der Waals surface area contributed by atoms with E-state index in [1.165, 1.54) is 62.0 Å². The van der Waals surface area contributed by atoms with Crippen molar-refractivity contribution in [3.63, 3.8) is 0 Å². The highest BCUT2D eigenvalue weighted by Gasteiger charge is 2.24. The van der Waals surface area contributed by atoms with Gasteiger partial charge >= 0.3 is 5.97 Å². The lowest BCUT2D eigenvalue weighted by atomic mass is 10.0. The Labute approximate surface area is 215 Å². The molecular formula is C30H29FN4O2. The van der Waals surface area contributed by atoms with Gasteiger partial charge in [-0.3, -0.25) is 0 Å². The van der Waals surface area contributed by atoms with E-state index < -0.39 is 11.8 Å². The van der Waals surface area contributed by atoms with Gasteiger partial charge in [0, 0.05) is 28.9 Å². The Hall–Kier alpha value is -3.84. The number of fused-ring (bicyclic) bond motifs is 2. The second-order valence-corrected chi connectivity index (χ2v) is 10.0. The first-order chi connectivity index (χ1) is 18.0. The maximum Gasteiger partial charge on any atom is 0.338 e. The third-order valence-electron chi connectivity index (χ3n) is 7.73. The molecule has 1 aromatic heterocycles. The van der Waals surface area contributed by atoms with Crippen LogP contribution in [0.1, 0.15) is 47.2 Å². The number of hydrogen-bond donors (Lipinski definition) is 2. The van der Waals surface area contributed by atoms with E-state index in [9.17, 15) is 14.3 Å². The normalized spacial score (nSPS) is 17.9. The van der Waals surface area contributed by atoms with Crippen LogP contribution in [0.25, 0.3) is 22.0 Å². The van der Waals surface area contributed by atoms with Crippen LogP contribution >= 0.6 is 0 Å². The van der Waals surface area contributed by atoms with Crippen LogP contribution in [-0.2, 0) is 12.8 Å². The van der Waals surface area contributed by atoms with Gasteiger partial charge in [-0.15, -0.1) is 0 Å². The standard InChI is InChI=1S/C30H29FN4O2/c31-27-13-9-21(17-26(27)29(36)37)25-5-3-4-22-18-32-30(34-28(22)25)33-23-10-6-19-7-11-24(12-8-20(19)16-23)35-14-1-2-15-35/h3-6,9-10,13,16-18,24H,1-2,7-8,11-12,14-15H2,(H,36,37)(H,32,33,34). The number of halogens is 1. The summed E-state index contributed by atoms with van der Waals surface area (Å²) in [6, 6.07) is 17.0. The Morgan fingerprint density at radius 3 is 2.62 bits per heavy atom. The molecule has 2 N–H and O–H groups in total. The Bertz CT molecular complexity index is 1480. The monoisotopic (exact) mass is 496 g/mol. The lowest BCUT2D eigenvalue weighted by Gasteiger charge is -2.25. The van der Waals surface area contributed by atoms with Gasteiger partial charge < -0.3 is 15.3 Å². The summed E-state index contributed by atoms with van der Waals surface area (Å²) >= 11 is 0. The lowest BCUT2D eigenvalue weighted by Crippen LogP contribution is -2.32. The van der Waals surface area contributed by atoms with Crippen molar-refractivity contribution in [3.05, 3.63) is 83.3 Å². The number of likely N-dealkylation sites (tertiary alicyclic amines) is 1. The summed E-state index contributed by atoms with van der Waals surface area (Å²) in [5.41, 5.74) is 5.39. The Kier molecular flexibility index (Phi) is 6.30. The maximum atomic E-state index is 14.0. The highest BCUT2D eigenvalue weighted by atomic mass is 19.1. The van der Waals surface area contributed by atoms with Crippen LogP contribution in [0.2, 0.25) is 0 Å². The second-order valence-electron chi connectivity index (χ2n) is 10.0. The molecule has 1 fully saturated rings. The molecule has 37 heavy (non-hydrogen) atoms. The van der Waals surface area contributed by atoms with Gasteiger partial charge in [0.05, 0.1) is 11.1 Å². The number of carbonyl (C=O) groups is 1. The summed E-state index contributed by atoms with van der Waals surface area (Å²) in [7, 11) is 0. The zero-order valence-corrected chi connectivity index (χ0v) is 20.6. The highest BCUT2D eigenvalue weighted by Crippen LogP contribution is 2.31. The van der Waals surface area contributed by atoms with Gasteiger partial charge in [0.2, 0.25) is 5.95 Å². The number of carboxylic acid groups (broad SMARTS) is 1. The zero-order valence-electron chi connectivity index (χ0n) is 20.6. The molecule has 0 bridgehead atoms. The number of nitrogens with zero attached hydrogens (tertiary/aromatic N) is 3.